The van der Waals surface area contributed by atoms with E-state index in [9.17, 15) is 10.2 Å². The van der Waals surface area contributed by atoms with E-state index in [2.05, 4.69) is 4.98 Å². The molecule has 0 aliphatic rings. The number of hydrogen-bond acceptors (Lipinski definition) is 4. The Kier molecular flexibility index (Phi) is 3.99. The Hall–Kier alpha value is -1.40. The highest BCUT2D eigenvalue weighted by atomic mass is 35.5. The van der Waals surface area contributed by atoms with Gasteiger partial charge in [-0.1, -0.05) is 23.7 Å². The van der Waals surface area contributed by atoms with Gasteiger partial charge in [0.2, 0.25) is 0 Å². The molecule has 1 aromatic carbocycles. The Morgan fingerprint density at radius 3 is 2.76 bits per heavy atom. The first-order valence-corrected chi connectivity index (χ1v) is 7.81. The molecule has 2 heterocycles. The summed E-state index contributed by atoms with van der Waals surface area (Å²) in [7, 11) is 0. The van der Waals surface area contributed by atoms with Gasteiger partial charge in [-0.2, -0.15) is 0 Å². The zero-order valence-electron chi connectivity index (χ0n) is 11.2. The lowest BCUT2D eigenvalue weighted by Gasteiger charge is -2.29. The Bertz CT molecular complexity index is 720. The van der Waals surface area contributed by atoms with Crippen LogP contribution in [-0.4, -0.2) is 32.8 Å². The van der Waals surface area contributed by atoms with Crippen LogP contribution in [0.1, 0.15) is 11.3 Å². The van der Waals surface area contributed by atoms with E-state index in [1.54, 1.807) is 23.5 Å². The van der Waals surface area contributed by atoms with Crippen LogP contribution in [0.2, 0.25) is 5.02 Å². The molecule has 2 aromatic heterocycles. The molecular weight excluding hydrogens is 308 g/mol. The van der Waals surface area contributed by atoms with Gasteiger partial charge in [-0.3, -0.25) is 4.40 Å². The zero-order chi connectivity index (χ0) is 14.9. The monoisotopic (exact) mass is 322 g/mol. The topological polar surface area (TPSA) is 57.8 Å². The van der Waals surface area contributed by atoms with Crippen molar-refractivity contribution in [1.82, 2.24) is 9.38 Å². The Balaban J connectivity index is 1.98. The Labute approximate surface area is 131 Å². The van der Waals surface area contributed by atoms with Crippen LogP contribution >= 0.6 is 22.9 Å². The van der Waals surface area contributed by atoms with Crippen LogP contribution in [0.15, 0.2) is 42.0 Å². The van der Waals surface area contributed by atoms with E-state index in [1.165, 1.54) is 0 Å². The number of thiazole rings is 1. The van der Waals surface area contributed by atoms with Gasteiger partial charge in [-0.15, -0.1) is 11.3 Å². The molecule has 110 valence electrons. The van der Waals surface area contributed by atoms with Gasteiger partial charge in [0.05, 0.1) is 18.9 Å². The maximum absolute atomic E-state index is 9.87. The summed E-state index contributed by atoms with van der Waals surface area (Å²) in [6.07, 6.45) is 4.32. The molecule has 3 aromatic rings. The molecule has 0 saturated heterocycles. The summed E-state index contributed by atoms with van der Waals surface area (Å²) in [5, 5.41) is 22.3. The first kappa shape index (κ1) is 14.5. The van der Waals surface area contributed by atoms with Gasteiger partial charge in [0.25, 0.3) is 0 Å². The number of fused-ring (bicyclic) bond motifs is 1. The van der Waals surface area contributed by atoms with Crippen molar-refractivity contribution in [2.75, 3.05) is 13.2 Å². The number of benzene rings is 1. The minimum atomic E-state index is -0.783. The van der Waals surface area contributed by atoms with E-state index in [0.717, 1.165) is 16.2 Å². The molecule has 0 radical (unpaired) electrons. The van der Waals surface area contributed by atoms with E-state index in [0.29, 0.717) is 11.4 Å². The van der Waals surface area contributed by atoms with Gasteiger partial charge >= 0.3 is 0 Å². The number of nitrogens with zero attached hydrogens (tertiary/aromatic N) is 2. The van der Waals surface area contributed by atoms with Crippen LogP contribution in [0.5, 0.6) is 0 Å². The fourth-order valence-corrected chi connectivity index (χ4v) is 3.38. The van der Waals surface area contributed by atoms with Crippen molar-refractivity contribution in [3.05, 3.63) is 58.3 Å². The summed E-state index contributed by atoms with van der Waals surface area (Å²) in [6, 6.07) is 7.25. The minimum Gasteiger partial charge on any atom is -0.395 e. The van der Waals surface area contributed by atoms with Crippen molar-refractivity contribution in [2.24, 2.45) is 0 Å². The lowest BCUT2D eigenvalue weighted by Crippen LogP contribution is -2.37. The molecule has 0 spiro atoms. The highest BCUT2D eigenvalue weighted by Crippen LogP contribution is 2.30. The van der Waals surface area contributed by atoms with Gasteiger partial charge < -0.3 is 10.2 Å². The molecule has 0 amide bonds. The molecule has 0 aliphatic carbocycles. The normalized spacial score (nSPS) is 12.1. The van der Waals surface area contributed by atoms with Crippen LogP contribution < -0.4 is 0 Å². The summed E-state index contributed by atoms with van der Waals surface area (Å²) in [6.45, 7) is -0.343. The van der Waals surface area contributed by atoms with Gasteiger partial charge in [-0.05, 0) is 17.7 Å². The lowest BCUT2D eigenvalue weighted by atomic mass is 9.78. The fraction of sp³-hybridized carbons (Fsp3) is 0.267. The number of imidazole rings is 1. The molecule has 2 N–H and O–H groups in total. The van der Waals surface area contributed by atoms with Crippen LogP contribution in [-0.2, 0) is 11.8 Å². The largest absolute Gasteiger partial charge is 0.395 e. The Morgan fingerprint density at radius 2 is 2.10 bits per heavy atom. The summed E-state index contributed by atoms with van der Waals surface area (Å²) in [5.41, 5.74) is 0.871. The molecule has 0 bridgehead atoms. The predicted molar refractivity (Wildman–Crippen MR) is 84.1 cm³/mol. The summed E-state index contributed by atoms with van der Waals surface area (Å²) in [5.74, 6) is 0. The van der Waals surface area contributed by atoms with Crippen LogP contribution in [0.25, 0.3) is 4.96 Å². The van der Waals surface area contributed by atoms with Crippen molar-refractivity contribution < 1.29 is 10.2 Å². The van der Waals surface area contributed by atoms with E-state index < -0.39 is 5.41 Å². The molecule has 4 nitrogen and oxygen atoms in total. The second-order valence-electron chi connectivity index (χ2n) is 5.11. The first-order valence-electron chi connectivity index (χ1n) is 6.56. The number of rotatable bonds is 5. The third kappa shape index (κ3) is 2.70. The maximum Gasteiger partial charge on any atom is 0.193 e. The average molecular weight is 323 g/mol. The number of aliphatic hydroxyl groups excluding tert-OH is 2. The smallest absolute Gasteiger partial charge is 0.193 e. The third-order valence-corrected chi connectivity index (χ3v) is 4.71. The lowest BCUT2D eigenvalue weighted by molar-refractivity contribution is 0.115. The third-order valence-electron chi connectivity index (χ3n) is 3.70. The molecule has 0 saturated carbocycles. The fourth-order valence-electron chi connectivity index (χ4n) is 2.47. The van der Waals surface area contributed by atoms with E-state index >= 15 is 0 Å². The Morgan fingerprint density at radius 1 is 1.29 bits per heavy atom. The van der Waals surface area contributed by atoms with Crippen LogP contribution in [0, 0.1) is 0 Å². The first-order chi connectivity index (χ1) is 10.2. The van der Waals surface area contributed by atoms with E-state index in [4.69, 9.17) is 11.6 Å². The minimum absolute atomic E-state index is 0.172. The van der Waals surface area contributed by atoms with Crippen molar-refractivity contribution in [1.29, 1.82) is 0 Å². The average Bonchev–Trinajstić information content (AvgIpc) is 3.06. The molecule has 3 rings (SSSR count). The standard InChI is InChI=1S/C15H15ClN2O2S/c16-12-3-1-2-11(6-12)15(9-19,10-20)7-13-8-18-4-5-21-14(18)17-13/h1-6,8,19-20H,7,9-10H2. The molecule has 0 unspecified atom stereocenters. The SMILES string of the molecule is OCC(CO)(Cc1cn2ccsc2n1)c1cccc(Cl)c1. The number of aromatic nitrogens is 2. The molecule has 0 fully saturated rings. The van der Waals surface area contributed by atoms with Crippen molar-refractivity contribution in [3.8, 4) is 0 Å². The second kappa shape index (κ2) is 5.77. The highest BCUT2D eigenvalue weighted by Gasteiger charge is 2.32. The second-order valence-corrected chi connectivity index (χ2v) is 6.42. The van der Waals surface area contributed by atoms with Gasteiger partial charge in [0.1, 0.15) is 0 Å². The molecule has 21 heavy (non-hydrogen) atoms. The molecule has 0 aliphatic heterocycles. The number of halogens is 1. The van der Waals surface area contributed by atoms with E-state index in [1.807, 2.05) is 34.3 Å². The quantitative estimate of drug-likeness (QED) is 0.759. The van der Waals surface area contributed by atoms with Crippen molar-refractivity contribution in [3.63, 3.8) is 0 Å². The molecule has 0 atom stereocenters. The number of hydrogen-bond donors (Lipinski definition) is 2. The molecule has 6 heteroatoms. The van der Waals surface area contributed by atoms with E-state index in [-0.39, 0.29) is 13.2 Å². The van der Waals surface area contributed by atoms with Gasteiger partial charge in [0, 0.05) is 34.6 Å². The zero-order valence-corrected chi connectivity index (χ0v) is 12.8. The summed E-state index contributed by atoms with van der Waals surface area (Å²) in [4.78, 5) is 5.43. The number of aliphatic hydroxyl groups is 2. The summed E-state index contributed by atoms with van der Waals surface area (Å²) >= 11 is 7.59. The summed E-state index contributed by atoms with van der Waals surface area (Å²) < 4.78 is 1.94. The maximum atomic E-state index is 9.87. The van der Waals surface area contributed by atoms with Gasteiger partial charge in [0.15, 0.2) is 4.96 Å². The van der Waals surface area contributed by atoms with Crippen LogP contribution in [0.3, 0.4) is 0 Å². The van der Waals surface area contributed by atoms with Crippen LogP contribution in [0.4, 0.5) is 0 Å². The van der Waals surface area contributed by atoms with Crippen molar-refractivity contribution >= 4 is 27.9 Å². The van der Waals surface area contributed by atoms with Crippen molar-refractivity contribution in [2.45, 2.75) is 11.8 Å². The van der Waals surface area contributed by atoms with Gasteiger partial charge in [-0.25, -0.2) is 4.98 Å². The predicted octanol–water partition coefficient (Wildman–Crippen LogP) is 2.51. The molecular formula is C15H15ClN2O2S. The highest BCUT2D eigenvalue weighted by molar-refractivity contribution is 7.15.